The van der Waals surface area contributed by atoms with Gasteiger partial charge in [-0.2, -0.15) is 0 Å². The van der Waals surface area contributed by atoms with Gasteiger partial charge in [-0.25, -0.2) is 0 Å². The lowest BCUT2D eigenvalue weighted by atomic mass is 10.0. The van der Waals surface area contributed by atoms with Crippen molar-refractivity contribution < 1.29 is 0 Å². The van der Waals surface area contributed by atoms with Crippen molar-refractivity contribution in [1.29, 1.82) is 0 Å². The first-order valence-electron chi connectivity index (χ1n) is 9.22. The maximum Gasteiger partial charge on any atom is 0.0377 e. The molecule has 0 aromatic carbocycles. The Morgan fingerprint density at radius 2 is 1.68 bits per heavy atom. The zero-order valence-electron chi connectivity index (χ0n) is 15.9. The van der Waals surface area contributed by atoms with E-state index in [1.54, 1.807) is 0 Å². The molecular weight excluding hydrogens is 270 g/mol. The third-order valence-corrected chi connectivity index (χ3v) is 4.53. The Balaban J connectivity index is 2.35. The van der Waals surface area contributed by atoms with E-state index in [0.717, 1.165) is 31.2 Å². The molecule has 0 bridgehead atoms. The molecule has 0 aromatic heterocycles. The Bertz CT molecular complexity index is 313. The normalized spacial score (nSPS) is 24.2. The standard InChI is InChI=1S/C19H39N3/c1-15(2)10-8-9-11-22-18(6)13-21(14-19(22)7)12-17(5)20-16(3)4/h15-16,18-20H,5,8-14H2,1-4,6-7H3. The van der Waals surface area contributed by atoms with Crippen LogP contribution in [0.25, 0.3) is 0 Å². The lowest BCUT2D eigenvalue weighted by molar-refractivity contribution is 0.0415. The quantitative estimate of drug-likeness (QED) is 0.655. The van der Waals surface area contributed by atoms with Gasteiger partial charge in [-0.15, -0.1) is 0 Å². The highest BCUT2D eigenvalue weighted by Crippen LogP contribution is 2.18. The summed E-state index contributed by atoms with van der Waals surface area (Å²) >= 11 is 0. The Hall–Kier alpha value is -0.540. The van der Waals surface area contributed by atoms with Crippen LogP contribution in [0.5, 0.6) is 0 Å². The van der Waals surface area contributed by atoms with Gasteiger partial charge in [-0.3, -0.25) is 9.80 Å². The van der Waals surface area contributed by atoms with Crippen molar-refractivity contribution in [3.05, 3.63) is 12.3 Å². The summed E-state index contributed by atoms with van der Waals surface area (Å²) < 4.78 is 0. The van der Waals surface area contributed by atoms with E-state index in [4.69, 9.17) is 0 Å². The van der Waals surface area contributed by atoms with E-state index in [9.17, 15) is 0 Å². The molecule has 1 N–H and O–H groups in total. The number of nitrogens with one attached hydrogen (secondary N) is 1. The molecule has 0 amide bonds. The molecule has 3 heteroatoms. The maximum absolute atomic E-state index is 4.17. The lowest BCUT2D eigenvalue weighted by Crippen LogP contribution is -2.57. The zero-order valence-corrected chi connectivity index (χ0v) is 15.9. The Morgan fingerprint density at radius 3 is 2.18 bits per heavy atom. The van der Waals surface area contributed by atoms with Crippen molar-refractivity contribution in [3.63, 3.8) is 0 Å². The molecule has 130 valence electrons. The van der Waals surface area contributed by atoms with E-state index in [1.807, 2.05) is 0 Å². The summed E-state index contributed by atoms with van der Waals surface area (Å²) in [5.41, 5.74) is 1.15. The summed E-state index contributed by atoms with van der Waals surface area (Å²) in [6.45, 7) is 22.5. The van der Waals surface area contributed by atoms with Crippen LogP contribution in [0.3, 0.4) is 0 Å². The van der Waals surface area contributed by atoms with Gasteiger partial charge in [0.2, 0.25) is 0 Å². The highest BCUT2D eigenvalue weighted by atomic mass is 15.3. The molecule has 1 heterocycles. The van der Waals surface area contributed by atoms with Gasteiger partial charge in [-0.05, 0) is 46.6 Å². The second-order valence-corrected chi connectivity index (χ2v) is 7.92. The van der Waals surface area contributed by atoms with Gasteiger partial charge in [0.15, 0.2) is 0 Å². The summed E-state index contributed by atoms with van der Waals surface area (Å²) in [5.74, 6) is 0.839. The lowest BCUT2D eigenvalue weighted by Gasteiger charge is -2.45. The highest BCUT2D eigenvalue weighted by Gasteiger charge is 2.28. The number of hydrogen-bond donors (Lipinski definition) is 1. The number of unbranched alkanes of at least 4 members (excludes halogenated alkanes) is 1. The predicted molar refractivity (Wildman–Crippen MR) is 98.2 cm³/mol. The van der Waals surface area contributed by atoms with E-state index in [1.165, 1.54) is 25.8 Å². The summed E-state index contributed by atoms with van der Waals surface area (Å²) in [6, 6.07) is 1.77. The average molecular weight is 310 g/mol. The van der Waals surface area contributed by atoms with Crippen molar-refractivity contribution >= 4 is 0 Å². The largest absolute Gasteiger partial charge is 0.386 e. The molecule has 0 saturated carbocycles. The smallest absolute Gasteiger partial charge is 0.0377 e. The van der Waals surface area contributed by atoms with Crippen molar-refractivity contribution in [2.45, 2.75) is 78.9 Å². The number of rotatable bonds is 9. The minimum Gasteiger partial charge on any atom is -0.386 e. The molecule has 1 aliphatic heterocycles. The van der Waals surface area contributed by atoms with Crippen molar-refractivity contribution in [2.24, 2.45) is 5.92 Å². The summed E-state index contributed by atoms with van der Waals surface area (Å²) in [6.07, 6.45) is 4.07. The first-order chi connectivity index (χ1) is 10.3. The molecule has 0 radical (unpaired) electrons. The van der Waals surface area contributed by atoms with Crippen molar-refractivity contribution in [2.75, 3.05) is 26.2 Å². The van der Waals surface area contributed by atoms with Gasteiger partial charge < -0.3 is 5.32 Å². The van der Waals surface area contributed by atoms with Crippen LogP contribution in [-0.2, 0) is 0 Å². The van der Waals surface area contributed by atoms with Gasteiger partial charge in [0.1, 0.15) is 0 Å². The minimum atomic E-state index is 0.476. The van der Waals surface area contributed by atoms with Crippen LogP contribution in [0.15, 0.2) is 12.3 Å². The molecule has 0 aromatic rings. The second kappa shape index (κ2) is 9.57. The van der Waals surface area contributed by atoms with Crippen LogP contribution in [-0.4, -0.2) is 54.1 Å². The Labute approximate surface area is 139 Å². The van der Waals surface area contributed by atoms with Crippen LogP contribution in [0, 0.1) is 5.92 Å². The van der Waals surface area contributed by atoms with Crippen molar-refractivity contribution in [3.8, 4) is 0 Å². The zero-order chi connectivity index (χ0) is 16.7. The van der Waals surface area contributed by atoms with Crippen molar-refractivity contribution in [1.82, 2.24) is 15.1 Å². The molecular formula is C19H39N3. The Kier molecular flexibility index (Phi) is 8.48. The van der Waals surface area contributed by atoms with Crippen LogP contribution in [0.1, 0.15) is 60.8 Å². The second-order valence-electron chi connectivity index (χ2n) is 7.92. The van der Waals surface area contributed by atoms with Gasteiger partial charge in [0.05, 0.1) is 0 Å². The minimum absolute atomic E-state index is 0.476. The molecule has 22 heavy (non-hydrogen) atoms. The van der Waals surface area contributed by atoms with E-state index in [-0.39, 0.29) is 0 Å². The van der Waals surface area contributed by atoms with E-state index < -0.39 is 0 Å². The maximum atomic E-state index is 4.17. The van der Waals surface area contributed by atoms with Crippen LogP contribution < -0.4 is 5.32 Å². The van der Waals surface area contributed by atoms with Gasteiger partial charge in [0.25, 0.3) is 0 Å². The van der Waals surface area contributed by atoms with Gasteiger partial charge in [-0.1, -0.05) is 33.3 Å². The van der Waals surface area contributed by atoms with Crippen LogP contribution in [0.2, 0.25) is 0 Å². The fraction of sp³-hybridized carbons (Fsp3) is 0.895. The predicted octanol–water partition coefficient (Wildman–Crippen LogP) is 3.72. The average Bonchev–Trinajstić information content (AvgIpc) is 2.35. The van der Waals surface area contributed by atoms with E-state index in [0.29, 0.717) is 18.1 Å². The van der Waals surface area contributed by atoms with Gasteiger partial charge in [0, 0.05) is 43.5 Å². The molecule has 1 fully saturated rings. The molecule has 1 aliphatic rings. The summed E-state index contributed by atoms with van der Waals surface area (Å²) in [4.78, 5) is 5.26. The summed E-state index contributed by atoms with van der Waals surface area (Å²) in [5, 5.41) is 3.43. The Morgan fingerprint density at radius 1 is 1.09 bits per heavy atom. The molecule has 1 saturated heterocycles. The number of hydrogen-bond acceptors (Lipinski definition) is 3. The first-order valence-corrected chi connectivity index (χ1v) is 9.22. The molecule has 2 unspecified atom stereocenters. The topological polar surface area (TPSA) is 18.5 Å². The third-order valence-electron chi connectivity index (χ3n) is 4.53. The number of nitrogens with zero attached hydrogens (tertiary/aromatic N) is 2. The molecule has 3 nitrogen and oxygen atoms in total. The third kappa shape index (κ3) is 7.15. The SMILES string of the molecule is C=C(CN1CC(C)N(CCCCC(C)C)C(C)C1)NC(C)C. The summed E-state index contributed by atoms with van der Waals surface area (Å²) in [7, 11) is 0. The van der Waals surface area contributed by atoms with E-state index >= 15 is 0 Å². The monoisotopic (exact) mass is 309 g/mol. The fourth-order valence-electron chi connectivity index (χ4n) is 3.61. The number of piperazine rings is 1. The fourth-order valence-corrected chi connectivity index (χ4v) is 3.61. The highest BCUT2D eigenvalue weighted by molar-refractivity contribution is 4.98. The van der Waals surface area contributed by atoms with Crippen LogP contribution >= 0.6 is 0 Å². The first kappa shape index (κ1) is 19.5. The molecule has 0 spiro atoms. The van der Waals surface area contributed by atoms with E-state index in [2.05, 4.69) is 63.2 Å². The molecule has 0 aliphatic carbocycles. The molecule has 1 rings (SSSR count). The van der Waals surface area contributed by atoms with Crippen LogP contribution in [0.4, 0.5) is 0 Å². The van der Waals surface area contributed by atoms with Gasteiger partial charge >= 0.3 is 0 Å². The molecule has 2 atom stereocenters.